The first kappa shape index (κ1) is 14.6. The van der Waals surface area contributed by atoms with Crippen LogP contribution in [0, 0.1) is 0 Å². The fourth-order valence-electron chi connectivity index (χ4n) is 0.987. The van der Waals surface area contributed by atoms with Crippen LogP contribution >= 0.6 is 0 Å². The fourth-order valence-corrected chi connectivity index (χ4v) is 0.987. The van der Waals surface area contributed by atoms with Gasteiger partial charge in [0.05, 0.1) is 0 Å². The Morgan fingerprint density at radius 1 is 1.12 bits per heavy atom. The molecular formula is C11H18O5. The SMILES string of the molecule is C=CC(=O)OCCOC(=O)CCCCCO. The molecule has 0 aromatic heterocycles. The van der Waals surface area contributed by atoms with Crippen molar-refractivity contribution in [1.82, 2.24) is 0 Å². The van der Waals surface area contributed by atoms with Crippen LogP contribution < -0.4 is 0 Å². The van der Waals surface area contributed by atoms with E-state index in [2.05, 4.69) is 11.3 Å². The lowest BCUT2D eigenvalue weighted by Gasteiger charge is -2.04. The summed E-state index contributed by atoms with van der Waals surface area (Å²) in [7, 11) is 0. The Balaban J connectivity index is 3.30. The van der Waals surface area contributed by atoms with Crippen LogP contribution in [0.25, 0.3) is 0 Å². The van der Waals surface area contributed by atoms with Crippen molar-refractivity contribution in [3.05, 3.63) is 12.7 Å². The van der Waals surface area contributed by atoms with Crippen LogP contribution in [-0.4, -0.2) is 36.9 Å². The van der Waals surface area contributed by atoms with E-state index in [4.69, 9.17) is 9.84 Å². The van der Waals surface area contributed by atoms with Crippen molar-refractivity contribution >= 4 is 11.9 Å². The topological polar surface area (TPSA) is 72.8 Å². The zero-order valence-electron chi connectivity index (χ0n) is 9.31. The molecule has 0 saturated heterocycles. The molecule has 0 aromatic carbocycles. The van der Waals surface area contributed by atoms with Gasteiger partial charge in [0.15, 0.2) is 0 Å². The number of aliphatic hydroxyl groups is 1. The molecule has 5 nitrogen and oxygen atoms in total. The first-order chi connectivity index (χ1) is 7.70. The Kier molecular flexibility index (Phi) is 9.30. The molecule has 0 aliphatic heterocycles. The molecule has 16 heavy (non-hydrogen) atoms. The van der Waals surface area contributed by atoms with E-state index in [0.29, 0.717) is 19.3 Å². The average Bonchev–Trinajstić information content (AvgIpc) is 2.30. The fraction of sp³-hybridized carbons (Fsp3) is 0.636. The summed E-state index contributed by atoms with van der Waals surface area (Å²) in [5, 5.41) is 8.51. The number of hydrogen-bond acceptors (Lipinski definition) is 5. The zero-order chi connectivity index (χ0) is 12.2. The molecule has 0 aliphatic rings. The molecule has 0 heterocycles. The Morgan fingerprint density at radius 3 is 2.44 bits per heavy atom. The minimum atomic E-state index is -0.529. The van der Waals surface area contributed by atoms with E-state index in [1.165, 1.54) is 0 Å². The molecule has 92 valence electrons. The molecule has 1 N–H and O–H groups in total. The van der Waals surface area contributed by atoms with Crippen molar-refractivity contribution < 1.29 is 24.2 Å². The predicted molar refractivity (Wildman–Crippen MR) is 57.7 cm³/mol. The second-order valence-electron chi connectivity index (χ2n) is 3.13. The highest BCUT2D eigenvalue weighted by Crippen LogP contribution is 2.00. The van der Waals surface area contributed by atoms with E-state index in [1.54, 1.807) is 0 Å². The summed E-state index contributed by atoms with van der Waals surface area (Å²) in [4.78, 5) is 21.7. The molecule has 0 aliphatic carbocycles. The lowest BCUT2D eigenvalue weighted by Crippen LogP contribution is -2.12. The average molecular weight is 230 g/mol. The number of unbranched alkanes of at least 4 members (excludes halogenated alkanes) is 2. The van der Waals surface area contributed by atoms with E-state index >= 15 is 0 Å². The second kappa shape index (κ2) is 10.2. The van der Waals surface area contributed by atoms with Gasteiger partial charge >= 0.3 is 11.9 Å². The van der Waals surface area contributed by atoms with Gasteiger partial charge in [-0.1, -0.05) is 13.0 Å². The van der Waals surface area contributed by atoms with Gasteiger partial charge < -0.3 is 14.6 Å². The lowest BCUT2D eigenvalue weighted by atomic mass is 10.2. The van der Waals surface area contributed by atoms with Crippen molar-refractivity contribution in [3.8, 4) is 0 Å². The number of carbonyl (C=O) groups excluding carboxylic acids is 2. The van der Waals surface area contributed by atoms with Gasteiger partial charge in [0.1, 0.15) is 13.2 Å². The highest BCUT2D eigenvalue weighted by atomic mass is 16.6. The van der Waals surface area contributed by atoms with Crippen LogP contribution in [0.15, 0.2) is 12.7 Å². The molecule has 0 spiro atoms. The van der Waals surface area contributed by atoms with Gasteiger partial charge in [-0.25, -0.2) is 4.79 Å². The molecule has 0 atom stereocenters. The van der Waals surface area contributed by atoms with E-state index in [0.717, 1.165) is 12.5 Å². The minimum Gasteiger partial charge on any atom is -0.462 e. The van der Waals surface area contributed by atoms with Crippen LogP contribution in [0.2, 0.25) is 0 Å². The van der Waals surface area contributed by atoms with E-state index < -0.39 is 5.97 Å². The minimum absolute atomic E-state index is 0.0488. The molecule has 0 rings (SSSR count). The Hall–Kier alpha value is -1.36. The maximum Gasteiger partial charge on any atom is 0.330 e. The molecule has 0 fully saturated rings. The Morgan fingerprint density at radius 2 is 1.81 bits per heavy atom. The third kappa shape index (κ3) is 9.21. The molecule has 0 saturated carbocycles. The van der Waals surface area contributed by atoms with E-state index in [1.807, 2.05) is 0 Å². The summed E-state index contributed by atoms with van der Waals surface area (Å²) in [6, 6.07) is 0. The predicted octanol–water partition coefficient (Wildman–Crippen LogP) is 0.811. The third-order valence-corrected chi connectivity index (χ3v) is 1.80. The molecule has 0 aromatic rings. The largest absolute Gasteiger partial charge is 0.462 e. The van der Waals surface area contributed by atoms with Gasteiger partial charge in [0.2, 0.25) is 0 Å². The van der Waals surface area contributed by atoms with Crippen molar-refractivity contribution in [2.45, 2.75) is 25.7 Å². The van der Waals surface area contributed by atoms with Crippen LogP contribution in [0.4, 0.5) is 0 Å². The highest BCUT2D eigenvalue weighted by molar-refractivity contribution is 5.81. The number of esters is 2. The summed E-state index contributed by atoms with van der Waals surface area (Å²) < 4.78 is 9.42. The van der Waals surface area contributed by atoms with Gasteiger partial charge in [-0.3, -0.25) is 4.79 Å². The van der Waals surface area contributed by atoms with Crippen LogP contribution in [0.5, 0.6) is 0 Å². The van der Waals surface area contributed by atoms with Crippen LogP contribution in [0.3, 0.4) is 0 Å². The van der Waals surface area contributed by atoms with Gasteiger partial charge in [-0.15, -0.1) is 0 Å². The molecule has 0 amide bonds. The monoisotopic (exact) mass is 230 g/mol. The standard InChI is InChI=1S/C11H18O5/c1-2-10(13)15-8-9-16-11(14)6-4-3-5-7-12/h2,12H,1,3-9H2. The van der Waals surface area contributed by atoms with Gasteiger partial charge in [0, 0.05) is 19.1 Å². The van der Waals surface area contributed by atoms with Crippen molar-refractivity contribution in [1.29, 1.82) is 0 Å². The number of rotatable bonds is 9. The smallest absolute Gasteiger partial charge is 0.330 e. The Bertz CT molecular complexity index is 224. The van der Waals surface area contributed by atoms with Gasteiger partial charge in [-0.2, -0.15) is 0 Å². The Labute approximate surface area is 95.0 Å². The quantitative estimate of drug-likeness (QED) is 0.360. The first-order valence-electron chi connectivity index (χ1n) is 5.26. The molecule has 0 bridgehead atoms. The zero-order valence-corrected chi connectivity index (χ0v) is 9.31. The maximum absolute atomic E-state index is 11.1. The summed E-state index contributed by atoms with van der Waals surface area (Å²) in [6.07, 6.45) is 3.58. The van der Waals surface area contributed by atoms with Gasteiger partial charge in [-0.05, 0) is 12.8 Å². The van der Waals surface area contributed by atoms with Crippen molar-refractivity contribution in [3.63, 3.8) is 0 Å². The molecular weight excluding hydrogens is 212 g/mol. The number of ether oxygens (including phenoxy) is 2. The molecule has 0 unspecified atom stereocenters. The summed E-state index contributed by atoms with van der Waals surface area (Å²) >= 11 is 0. The lowest BCUT2D eigenvalue weighted by molar-refractivity contribution is -0.149. The summed E-state index contributed by atoms with van der Waals surface area (Å²) in [5.41, 5.74) is 0. The van der Waals surface area contributed by atoms with Gasteiger partial charge in [0.25, 0.3) is 0 Å². The van der Waals surface area contributed by atoms with Crippen LogP contribution in [-0.2, 0) is 19.1 Å². The van der Waals surface area contributed by atoms with E-state index in [9.17, 15) is 9.59 Å². The third-order valence-electron chi connectivity index (χ3n) is 1.80. The second-order valence-corrected chi connectivity index (χ2v) is 3.13. The number of carbonyl (C=O) groups is 2. The van der Waals surface area contributed by atoms with Crippen molar-refractivity contribution in [2.24, 2.45) is 0 Å². The number of aliphatic hydroxyl groups excluding tert-OH is 1. The normalized spacial score (nSPS) is 9.56. The van der Waals surface area contributed by atoms with E-state index in [-0.39, 0.29) is 25.8 Å². The molecule has 5 heteroatoms. The molecule has 0 radical (unpaired) electrons. The number of hydrogen-bond donors (Lipinski definition) is 1. The summed E-state index contributed by atoms with van der Waals surface area (Å²) in [5.74, 6) is -0.841. The van der Waals surface area contributed by atoms with Crippen LogP contribution in [0.1, 0.15) is 25.7 Å². The summed E-state index contributed by atoms with van der Waals surface area (Å²) in [6.45, 7) is 3.49. The first-order valence-corrected chi connectivity index (χ1v) is 5.26. The highest BCUT2D eigenvalue weighted by Gasteiger charge is 2.02. The van der Waals surface area contributed by atoms with Crippen molar-refractivity contribution in [2.75, 3.05) is 19.8 Å². The maximum atomic E-state index is 11.1.